The number of carbonyl (C=O) groups is 1. The van der Waals surface area contributed by atoms with Crippen molar-refractivity contribution in [2.75, 3.05) is 6.61 Å². The molecule has 0 amide bonds. The van der Waals surface area contributed by atoms with Crippen molar-refractivity contribution in [3.8, 4) is 5.75 Å². The Balaban J connectivity index is 2.58. The van der Waals surface area contributed by atoms with Gasteiger partial charge in [-0.1, -0.05) is 12.1 Å². The predicted molar refractivity (Wildman–Crippen MR) is 61.3 cm³/mol. The van der Waals surface area contributed by atoms with Gasteiger partial charge in [0.2, 0.25) is 0 Å². The Hall–Kier alpha value is -1.69. The number of alkyl halides is 2. The van der Waals surface area contributed by atoms with E-state index in [0.717, 1.165) is 0 Å². The van der Waals surface area contributed by atoms with Gasteiger partial charge >= 0.3 is 12.6 Å². The zero-order chi connectivity index (χ0) is 13.5. The van der Waals surface area contributed by atoms with Gasteiger partial charge in [0.1, 0.15) is 5.75 Å². The van der Waals surface area contributed by atoms with Gasteiger partial charge < -0.3 is 15.2 Å². The molecule has 0 aliphatic rings. The highest BCUT2D eigenvalue weighted by molar-refractivity contribution is 5.70. The average molecular weight is 259 g/mol. The fourth-order valence-corrected chi connectivity index (χ4v) is 1.41. The summed E-state index contributed by atoms with van der Waals surface area (Å²) in [4.78, 5) is 11.2. The van der Waals surface area contributed by atoms with Crippen molar-refractivity contribution in [1.29, 1.82) is 0 Å². The molecule has 18 heavy (non-hydrogen) atoms. The van der Waals surface area contributed by atoms with Crippen LogP contribution in [0.5, 0.6) is 5.75 Å². The summed E-state index contributed by atoms with van der Waals surface area (Å²) in [5.41, 5.74) is 6.44. The molecule has 0 fully saturated rings. The van der Waals surface area contributed by atoms with Gasteiger partial charge in [0, 0.05) is 6.04 Å². The van der Waals surface area contributed by atoms with Gasteiger partial charge in [-0.3, -0.25) is 4.79 Å². The van der Waals surface area contributed by atoms with Crippen molar-refractivity contribution in [2.24, 2.45) is 5.73 Å². The van der Waals surface area contributed by atoms with Crippen LogP contribution in [0.25, 0.3) is 0 Å². The Kier molecular flexibility index (Phi) is 5.51. The molecule has 1 aromatic rings. The second kappa shape index (κ2) is 6.90. The van der Waals surface area contributed by atoms with Crippen LogP contribution < -0.4 is 10.5 Å². The number of carbonyl (C=O) groups excluding carboxylic acids is 1. The van der Waals surface area contributed by atoms with Crippen LogP contribution in [-0.4, -0.2) is 19.2 Å². The summed E-state index contributed by atoms with van der Waals surface area (Å²) in [6.07, 6.45) is 0.0445. The molecule has 0 spiro atoms. The van der Waals surface area contributed by atoms with Crippen molar-refractivity contribution < 1.29 is 23.0 Å². The van der Waals surface area contributed by atoms with E-state index in [2.05, 4.69) is 4.74 Å². The fourth-order valence-electron chi connectivity index (χ4n) is 1.41. The summed E-state index contributed by atoms with van der Waals surface area (Å²) < 4.78 is 32.8. The highest BCUT2D eigenvalue weighted by Crippen LogP contribution is 2.20. The molecule has 1 rings (SSSR count). The Bertz CT molecular complexity index is 381. The minimum atomic E-state index is -2.86. The number of nitrogens with two attached hydrogens (primary N) is 1. The van der Waals surface area contributed by atoms with Crippen LogP contribution in [0.15, 0.2) is 24.3 Å². The predicted octanol–water partition coefficient (Wildman–Crippen LogP) is 2.24. The molecule has 4 nitrogen and oxygen atoms in total. The second-order valence-electron chi connectivity index (χ2n) is 3.56. The molecule has 0 aliphatic heterocycles. The zero-order valence-electron chi connectivity index (χ0n) is 9.94. The van der Waals surface area contributed by atoms with E-state index in [1.165, 1.54) is 12.1 Å². The third-order valence-corrected chi connectivity index (χ3v) is 2.23. The summed E-state index contributed by atoms with van der Waals surface area (Å²) in [6, 6.07) is 5.33. The number of benzene rings is 1. The molecule has 0 aromatic heterocycles. The molecule has 1 unspecified atom stereocenters. The minimum Gasteiger partial charge on any atom is -0.466 e. The van der Waals surface area contributed by atoms with E-state index >= 15 is 0 Å². The van der Waals surface area contributed by atoms with Crippen molar-refractivity contribution in [3.05, 3.63) is 29.8 Å². The standard InChI is InChI=1S/C12H15F2NO3/c1-2-17-11(16)7-10(15)8-3-5-9(6-4-8)18-12(13)14/h3-6,10,12H,2,7,15H2,1H3. The van der Waals surface area contributed by atoms with Gasteiger partial charge in [-0.2, -0.15) is 8.78 Å². The van der Waals surface area contributed by atoms with Crippen molar-refractivity contribution in [1.82, 2.24) is 0 Å². The lowest BCUT2D eigenvalue weighted by atomic mass is 10.0. The Morgan fingerprint density at radius 1 is 1.33 bits per heavy atom. The van der Waals surface area contributed by atoms with E-state index < -0.39 is 18.6 Å². The van der Waals surface area contributed by atoms with Crippen molar-refractivity contribution in [2.45, 2.75) is 26.0 Å². The lowest BCUT2D eigenvalue weighted by Crippen LogP contribution is -2.17. The lowest BCUT2D eigenvalue weighted by Gasteiger charge is -2.12. The molecule has 1 aromatic carbocycles. The molecule has 0 saturated heterocycles. The Labute approximate surface area is 104 Å². The van der Waals surface area contributed by atoms with Gasteiger partial charge in [0.25, 0.3) is 0 Å². The van der Waals surface area contributed by atoms with Crippen molar-refractivity contribution in [3.63, 3.8) is 0 Å². The smallest absolute Gasteiger partial charge is 0.387 e. The van der Waals surface area contributed by atoms with Gasteiger partial charge in [-0.05, 0) is 24.6 Å². The van der Waals surface area contributed by atoms with Crippen LogP contribution in [0, 0.1) is 0 Å². The average Bonchev–Trinajstić information content (AvgIpc) is 2.29. The Morgan fingerprint density at radius 2 is 1.94 bits per heavy atom. The first-order chi connectivity index (χ1) is 8.52. The number of rotatable bonds is 6. The summed E-state index contributed by atoms with van der Waals surface area (Å²) in [7, 11) is 0. The van der Waals surface area contributed by atoms with Crippen LogP contribution in [-0.2, 0) is 9.53 Å². The second-order valence-corrected chi connectivity index (χ2v) is 3.56. The number of halogens is 2. The highest BCUT2D eigenvalue weighted by Gasteiger charge is 2.13. The maximum Gasteiger partial charge on any atom is 0.387 e. The maximum atomic E-state index is 11.9. The summed E-state index contributed by atoms with van der Waals surface area (Å²) >= 11 is 0. The van der Waals surface area contributed by atoms with E-state index in [-0.39, 0.29) is 12.2 Å². The number of hydrogen-bond acceptors (Lipinski definition) is 4. The van der Waals surface area contributed by atoms with Gasteiger partial charge in [-0.25, -0.2) is 0 Å². The third kappa shape index (κ3) is 4.67. The quantitative estimate of drug-likeness (QED) is 0.796. The molecule has 0 bridgehead atoms. The van der Waals surface area contributed by atoms with E-state index in [0.29, 0.717) is 12.2 Å². The van der Waals surface area contributed by atoms with E-state index in [9.17, 15) is 13.6 Å². The van der Waals surface area contributed by atoms with Gasteiger partial charge in [0.05, 0.1) is 13.0 Å². The zero-order valence-corrected chi connectivity index (χ0v) is 9.94. The summed E-state index contributed by atoms with van der Waals surface area (Å²) in [5, 5.41) is 0. The molecular weight excluding hydrogens is 244 g/mol. The molecule has 0 saturated carbocycles. The Morgan fingerprint density at radius 3 is 2.44 bits per heavy atom. The van der Waals surface area contributed by atoms with E-state index in [1.807, 2.05) is 0 Å². The van der Waals surface area contributed by atoms with Crippen LogP contribution in [0.4, 0.5) is 8.78 Å². The summed E-state index contributed by atoms with van der Waals surface area (Å²) in [5.74, 6) is -0.338. The molecule has 0 aliphatic carbocycles. The number of ether oxygens (including phenoxy) is 2. The molecule has 0 heterocycles. The van der Waals surface area contributed by atoms with E-state index in [1.54, 1.807) is 19.1 Å². The number of esters is 1. The lowest BCUT2D eigenvalue weighted by molar-refractivity contribution is -0.143. The topological polar surface area (TPSA) is 61.5 Å². The van der Waals surface area contributed by atoms with Crippen LogP contribution >= 0.6 is 0 Å². The summed E-state index contributed by atoms with van der Waals surface area (Å²) in [6.45, 7) is -0.851. The third-order valence-electron chi connectivity index (χ3n) is 2.23. The van der Waals surface area contributed by atoms with Crippen LogP contribution in [0.3, 0.4) is 0 Å². The highest BCUT2D eigenvalue weighted by atomic mass is 19.3. The van der Waals surface area contributed by atoms with Crippen LogP contribution in [0.2, 0.25) is 0 Å². The first kappa shape index (κ1) is 14.4. The van der Waals surface area contributed by atoms with Crippen molar-refractivity contribution >= 4 is 5.97 Å². The minimum absolute atomic E-state index is 0.0445. The first-order valence-electron chi connectivity index (χ1n) is 5.49. The molecule has 6 heteroatoms. The first-order valence-corrected chi connectivity index (χ1v) is 5.49. The molecule has 1 atom stereocenters. The molecular formula is C12H15F2NO3. The molecule has 100 valence electrons. The van der Waals surface area contributed by atoms with Crippen LogP contribution in [0.1, 0.15) is 24.9 Å². The maximum absolute atomic E-state index is 11.9. The fraction of sp³-hybridized carbons (Fsp3) is 0.417. The van der Waals surface area contributed by atoms with Gasteiger partial charge in [-0.15, -0.1) is 0 Å². The van der Waals surface area contributed by atoms with Gasteiger partial charge in [0.15, 0.2) is 0 Å². The SMILES string of the molecule is CCOC(=O)CC(N)c1ccc(OC(F)F)cc1. The molecule has 0 radical (unpaired) electrons. The monoisotopic (exact) mass is 259 g/mol. The molecule has 2 N–H and O–H groups in total. The largest absolute Gasteiger partial charge is 0.466 e. The van der Waals surface area contributed by atoms with E-state index in [4.69, 9.17) is 10.5 Å². The number of hydrogen-bond donors (Lipinski definition) is 1. The normalized spacial score (nSPS) is 12.3.